The summed E-state index contributed by atoms with van der Waals surface area (Å²) in [4.78, 5) is 33.4. The van der Waals surface area contributed by atoms with Gasteiger partial charge in [0, 0.05) is 29.4 Å². The minimum absolute atomic E-state index is 0.151. The molecule has 7 nitrogen and oxygen atoms in total. The van der Waals surface area contributed by atoms with Crippen molar-refractivity contribution in [1.29, 1.82) is 0 Å². The van der Waals surface area contributed by atoms with Crippen LogP contribution in [0.15, 0.2) is 16.9 Å². The molecule has 0 saturated heterocycles. The van der Waals surface area contributed by atoms with Crippen LogP contribution in [-0.2, 0) is 6.54 Å². The lowest BCUT2D eigenvalue weighted by atomic mass is 10.1. The number of carbonyl (C=O) groups excluding carboxylic acids is 1. The van der Waals surface area contributed by atoms with Crippen molar-refractivity contribution in [2.75, 3.05) is 0 Å². The zero-order valence-electron chi connectivity index (χ0n) is 18.4. The number of pyridine rings is 2. The van der Waals surface area contributed by atoms with Crippen LogP contribution in [0.3, 0.4) is 0 Å². The molecule has 0 bridgehead atoms. The number of rotatable bonds is 5. The van der Waals surface area contributed by atoms with Gasteiger partial charge in [-0.15, -0.1) is 0 Å². The van der Waals surface area contributed by atoms with Gasteiger partial charge in [-0.25, -0.2) is 9.67 Å². The van der Waals surface area contributed by atoms with E-state index in [0.29, 0.717) is 23.1 Å². The van der Waals surface area contributed by atoms with Crippen LogP contribution in [0.25, 0.3) is 11.0 Å². The summed E-state index contributed by atoms with van der Waals surface area (Å²) < 4.78 is 2.06. The Balaban J connectivity index is 1.52. The highest BCUT2D eigenvalue weighted by molar-refractivity contribution is 6.06. The number of nitrogens with one attached hydrogen (secondary N) is 2. The van der Waals surface area contributed by atoms with E-state index in [0.717, 1.165) is 59.4 Å². The molecule has 2 N–H and O–H groups in total. The molecule has 0 unspecified atom stereocenters. The lowest BCUT2D eigenvalue weighted by molar-refractivity contribution is 0.0952. The van der Waals surface area contributed by atoms with Gasteiger partial charge in [-0.3, -0.25) is 9.59 Å². The Kier molecular flexibility index (Phi) is 4.91. The van der Waals surface area contributed by atoms with Crippen molar-refractivity contribution in [2.45, 2.75) is 77.8 Å². The zero-order chi connectivity index (χ0) is 21.7. The van der Waals surface area contributed by atoms with Crippen molar-refractivity contribution in [2.24, 2.45) is 0 Å². The Morgan fingerprint density at radius 3 is 2.58 bits per heavy atom. The van der Waals surface area contributed by atoms with E-state index in [-0.39, 0.29) is 18.0 Å². The van der Waals surface area contributed by atoms with Gasteiger partial charge in [0.2, 0.25) is 0 Å². The summed E-state index contributed by atoms with van der Waals surface area (Å²) in [5, 5.41) is 8.62. The average Bonchev–Trinajstić information content (AvgIpc) is 3.33. The summed E-state index contributed by atoms with van der Waals surface area (Å²) in [6.07, 6.45) is 6.89. The molecule has 0 radical (unpaired) electrons. The van der Waals surface area contributed by atoms with Crippen molar-refractivity contribution >= 4 is 16.9 Å². The highest BCUT2D eigenvalue weighted by Gasteiger charge is 2.30. The molecule has 31 heavy (non-hydrogen) atoms. The quantitative estimate of drug-likeness (QED) is 0.654. The molecule has 0 aliphatic heterocycles. The zero-order valence-corrected chi connectivity index (χ0v) is 18.4. The summed E-state index contributed by atoms with van der Waals surface area (Å²) in [5.74, 6) is 0.258. The van der Waals surface area contributed by atoms with Crippen molar-refractivity contribution in [3.63, 3.8) is 0 Å². The van der Waals surface area contributed by atoms with Gasteiger partial charge in [0.15, 0.2) is 5.65 Å². The van der Waals surface area contributed by atoms with E-state index in [9.17, 15) is 9.59 Å². The van der Waals surface area contributed by atoms with Gasteiger partial charge in [-0.1, -0.05) is 12.8 Å². The molecule has 0 aromatic carbocycles. The topological polar surface area (TPSA) is 92.7 Å². The predicted molar refractivity (Wildman–Crippen MR) is 119 cm³/mol. The van der Waals surface area contributed by atoms with Crippen LogP contribution >= 0.6 is 0 Å². The highest BCUT2D eigenvalue weighted by atomic mass is 16.1. The number of aromatic nitrogens is 4. The third-order valence-electron chi connectivity index (χ3n) is 6.69. The fourth-order valence-corrected chi connectivity index (χ4v) is 4.87. The van der Waals surface area contributed by atoms with Gasteiger partial charge in [0.25, 0.3) is 11.5 Å². The van der Waals surface area contributed by atoms with E-state index in [1.54, 1.807) is 0 Å². The highest BCUT2D eigenvalue weighted by Crippen LogP contribution is 2.41. The van der Waals surface area contributed by atoms with Crippen LogP contribution in [0.2, 0.25) is 0 Å². The Morgan fingerprint density at radius 2 is 1.90 bits per heavy atom. The minimum Gasteiger partial charge on any atom is -0.348 e. The maximum atomic E-state index is 13.3. The normalized spacial score (nSPS) is 16.9. The number of aryl methyl sites for hydroxylation is 3. The standard InChI is InChI=1S/C24H29N5O2/c1-13-10-14(2)26-24(31)19(13)12-25-23(30)18-11-20(16-8-9-16)27-22-21(18)15(3)28-29(22)17-6-4-5-7-17/h10-11,16-17H,4-9,12H2,1-3H3,(H,25,30)(H,26,31). The Morgan fingerprint density at radius 1 is 1.16 bits per heavy atom. The fraction of sp³-hybridized carbons (Fsp3) is 0.500. The van der Waals surface area contributed by atoms with Gasteiger partial charge in [-0.05, 0) is 64.2 Å². The van der Waals surface area contributed by atoms with Crippen LogP contribution in [0, 0.1) is 20.8 Å². The van der Waals surface area contributed by atoms with Crippen molar-refractivity contribution in [1.82, 2.24) is 25.1 Å². The van der Waals surface area contributed by atoms with Crippen LogP contribution < -0.4 is 10.9 Å². The summed E-state index contributed by atoms with van der Waals surface area (Å²) in [7, 11) is 0. The number of hydrogen-bond acceptors (Lipinski definition) is 4. The van der Waals surface area contributed by atoms with Gasteiger partial charge in [-0.2, -0.15) is 5.10 Å². The SMILES string of the molecule is Cc1cc(C)c(CNC(=O)c2cc(C3CC3)nc3c2c(C)nn3C2CCCC2)c(=O)[nH]1. The second-order valence-electron chi connectivity index (χ2n) is 9.16. The third kappa shape index (κ3) is 3.66. The summed E-state index contributed by atoms with van der Waals surface area (Å²) in [6.45, 7) is 5.90. The number of carbonyl (C=O) groups is 1. The first-order valence-electron chi connectivity index (χ1n) is 11.3. The molecule has 5 rings (SSSR count). The van der Waals surface area contributed by atoms with E-state index in [4.69, 9.17) is 10.1 Å². The van der Waals surface area contributed by atoms with Crippen molar-refractivity contribution in [3.8, 4) is 0 Å². The first-order valence-corrected chi connectivity index (χ1v) is 11.3. The maximum absolute atomic E-state index is 13.3. The molecule has 3 aromatic heterocycles. The molecule has 0 atom stereocenters. The summed E-state index contributed by atoms with van der Waals surface area (Å²) in [5.41, 5.74) is 5.42. The molecule has 2 saturated carbocycles. The molecule has 0 spiro atoms. The van der Waals surface area contributed by atoms with Crippen LogP contribution in [0.4, 0.5) is 0 Å². The minimum atomic E-state index is -0.178. The number of hydrogen-bond donors (Lipinski definition) is 2. The molecule has 162 valence electrons. The summed E-state index contributed by atoms with van der Waals surface area (Å²) >= 11 is 0. The number of amides is 1. The van der Waals surface area contributed by atoms with E-state index in [1.165, 1.54) is 12.8 Å². The van der Waals surface area contributed by atoms with Crippen LogP contribution in [0.1, 0.15) is 89.1 Å². The van der Waals surface area contributed by atoms with Gasteiger partial charge < -0.3 is 10.3 Å². The Bertz CT molecular complexity index is 1230. The molecule has 2 aliphatic carbocycles. The average molecular weight is 420 g/mol. The molecule has 3 aromatic rings. The molecule has 3 heterocycles. The fourth-order valence-electron chi connectivity index (χ4n) is 4.87. The molecular formula is C24H29N5O2. The number of nitrogens with zero attached hydrogens (tertiary/aromatic N) is 3. The summed E-state index contributed by atoms with van der Waals surface area (Å²) in [6, 6.07) is 4.23. The molecule has 2 aliphatic rings. The number of aromatic amines is 1. The molecule has 1 amide bonds. The maximum Gasteiger partial charge on any atom is 0.253 e. The molecule has 7 heteroatoms. The second-order valence-corrected chi connectivity index (χ2v) is 9.16. The first-order chi connectivity index (χ1) is 14.9. The first kappa shape index (κ1) is 20.0. The van der Waals surface area contributed by atoms with E-state index in [2.05, 4.69) is 15.0 Å². The van der Waals surface area contributed by atoms with Crippen molar-refractivity contribution in [3.05, 3.63) is 56.3 Å². The Hall–Kier alpha value is -2.96. The largest absolute Gasteiger partial charge is 0.348 e. The van der Waals surface area contributed by atoms with Gasteiger partial charge >= 0.3 is 0 Å². The van der Waals surface area contributed by atoms with Crippen LogP contribution in [-0.4, -0.2) is 25.7 Å². The monoisotopic (exact) mass is 419 g/mol. The van der Waals surface area contributed by atoms with Crippen molar-refractivity contribution < 1.29 is 4.79 Å². The van der Waals surface area contributed by atoms with Crippen LogP contribution in [0.5, 0.6) is 0 Å². The smallest absolute Gasteiger partial charge is 0.253 e. The second kappa shape index (κ2) is 7.62. The molecular weight excluding hydrogens is 390 g/mol. The number of fused-ring (bicyclic) bond motifs is 1. The van der Waals surface area contributed by atoms with E-state index in [1.807, 2.05) is 32.9 Å². The van der Waals surface area contributed by atoms with E-state index >= 15 is 0 Å². The van der Waals surface area contributed by atoms with Gasteiger partial charge in [0.05, 0.1) is 22.7 Å². The predicted octanol–water partition coefficient (Wildman–Crippen LogP) is 3.97. The number of H-pyrrole nitrogens is 1. The lowest BCUT2D eigenvalue weighted by Crippen LogP contribution is -2.28. The third-order valence-corrected chi connectivity index (χ3v) is 6.69. The lowest BCUT2D eigenvalue weighted by Gasteiger charge is -2.13. The molecule has 2 fully saturated rings. The Labute approximate surface area is 181 Å². The van der Waals surface area contributed by atoms with Gasteiger partial charge in [0.1, 0.15) is 0 Å². The van der Waals surface area contributed by atoms with E-state index < -0.39 is 0 Å².